The summed E-state index contributed by atoms with van der Waals surface area (Å²) in [5.74, 6) is 0. The van der Waals surface area contributed by atoms with Gasteiger partial charge >= 0.3 is 0 Å². The number of hydrogen-bond donors (Lipinski definition) is 0. The van der Waals surface area contributed by atoms with Crippen molar-refractivity contribution >= 4 is 54.0 Å². The van der Waals surface area contributed by atoms with E-state index in [1.807, 2.05) is 43.3 Å². The standard InChI is InChI=1S/C21H17ClO3S/c1-2-9-25-26(23,24)21-19-13-18-11-15-6-4-3-5-14(15)10-17(18)12-16(19)7-8-20(21)22/h3-8,10-13H,2,9H2,1H3. The molecule has 0 N–H and O–H groups in total. The predicted octanol–water partition coefficient (Wildman–Crippen LogP) is 5.91. The van der Waals surface area contributed by atoms with Crippen LogP contribution in [0.2, 0.25) is 5.02 Å². The molecule has 5 heteroatoms. The van der Waals surface area contributed by atoms with Gasteiger partial charge in [0.15, 0.2) is 0 Å². The Hall–Kier alpha value is -2.14. The van der Waals surface area contributed by atoms with E-state index in [1.54, 1.807) is 6.07 Å². The van der Waals surface area contributed by atoms with Gasteiger partial charge in [0.2, 0.25) is 0 Å². The molecule has 0 spiro atoms. The van der Waals surface area contributed by atoms with Crippen molar-refractivity contribution in [1.29, 1.82) is 0 Å². The highest BCUT2D eigenvalue weighted by atomic mass is 35.5. The van der Waals surface area contributed by atoms with Gasteiger partial charge in [0.1, 0.15) is 4.90 Å². The average molecular weight is 385 g/mol. The lowest BCUT2D eigenvalue weighted by Gasteiger charge is -2.12. The van der Waals surface area contributed by atoms with E-state index in [0.717, 1.165) is 26.9 Å². The van der Waals surface area contributed by atoms with Crippen molar-refractivity contribution in [2.24, 2.45) is 0 Å². The molecule has 0 fully saturated rings. The highest BCUT2D eigenvalue weighted by Crippen LogP contribution is 2.35. The Kier molecular flexibility index (Phi) is 4.35. The molecule has 4 rings (SSSR count). The van der Waals surface area contributed by atoms with E-state index in [1.165, 1.54) is 0 Å². The lowest BCUT2D eigenvalue weighted by atomic mass is 10.00. The van der Waals surface area contributed by atoms with E-state index in [0.29, 0.717) is 11.8 Å². The first kappa shape index (κ1) is 17.3. The first-order valence-corrected chi connectivity index (χ1v) is 10.2. The minimum atomic E-state index is -3.92. The first-order valence-electron chi connectivity index (χ1n) is 8.44. The van der Waals surface area contributed by atoms with E-state index < -0.39 is 10.1 Å². The molecule has 0 aliphatic carbocycles. The average Bonchev–Trinajstić information content (AvgIpc) is 2.63. The summed E-state index contributed by atoms with van der Waals surface area (Å²) >= 11 is 6.25. The molecule has 0 radical (unpaired) electrons. The zero-order chi connectivity index (χ0) is 18.3. The van der Waals surface area contributed by atoms with Crippen LogP contribution in [0, 0.1) is 0 Å². The lowest BCUT2D eigenvalue weighted by molar-refractivity contribution is 0.318. The zero-order valence-corrected chi connectivity index (χ0v) is 15.8. The number of fused-ring (bicyclic) bond motifs is 3. The van der Waals surface area contributed by atoms with Crippen molar-refractivity contribution in [1.82, 2.24) is 0 Å². The van der Waals surface area contributed by atoms with Gasteiger partial charge in [0.05, 0.1) is 11.6 Å². The molecule has 0 atom stereocenters. The summed E-state index contributed by atoms with van der Waals surface area (Å²) in [4.78, 5) is 0.0418. The Balaban J connectivity index is 2.04. The summed E-state index contributed by atoms with van der Waals surface area (Å²) in [6.45, 7) is 1.99. The van der Waals surface area contributed by atoms with Gasteiger partial charge in [-0.05, 0) is 63.7 Å². The van der Waals surface area contributed by atoms with Crippen LogP contribution in [0.15, 0.2) is 65.6 Å². The van der Waals surface area contributed by atoms with E-state index in [9.17, 15) is 8.42 Å². The summed E-state index contributed by atoms with van der Waals surface area (Å²) < 4.78 is 30.5. The molecule has 132 valence electrons. The number of benzene rings is 4. The van der Waals surface area contributed by atoms with Crippen molar-refractivity contribution in [3.05, 3.63) is 65.7 Å². The van der Waals surface area contributed by atoms with Gasteiger partial charge in [-0.3, -0.25) is 4.18 Å². The van der Waals surface area contributed by atoms with Crippen LogP contribution in [0.4, 0.5) is 0 Å². The number of rotatable bonds is 4. The van der Waals surface area contributed by atoms with Gasteiger partial charge in [0.25, 0.3) is 10.1 Å². The first-order chi connectivity index (χ1) is 12.5. The van der Waals surface area contributed by atoms with Gasteiger partial charge in [-0.1, -0.05) is 48.9 Å². The van der Waals surface area contributed by atoms with Crippen LogP contribution in [0.25, 0.3) is 32.3 Å². The monoisotopic (exact) mass is 384 g/mol. The van der Waals surface area contributed by atoms with Crippen LogP contribution in [-0.4, -0.2) is 15.0 Å². The Morgan fingerprint density at radius 3 is 2.12 bits per heavy atom. The second-order valence-electron chi connectivity index (χ2n) is 6.27. The van der Waals surface area contributed by atoms with Crippen molar-refractivity contribution in [3.8, 4) is 0 Å². The van der Waals surface area contributed by atoms with Crippen LogP contribution >= 0.6 is 11.6 Å². The third-order valence-electron chi connectivity index (χ3n) is 4.44. The lowest BCUT2D eigenvalue weighted by Crippen LogP contribution is -2.08. The molecular weight excluding hydrogens is 368 g/mol. The van der Waals surface area contributed by atoms with Gasteiger partial charge in [-0.25, -0.2) is 0 Å². The molecule has 0 aliphatic rings. The number of hydrogen-bond acceptors (Lipinski definition) is 3. The van der Waals surface area contributed by atoms with Crippen molar-refractivity contribution in [2.75, 3.05) is 6.61 Å². The Morgan fingerprint density at radius 1 is 0.846 bits per heavy atom. The molecule has 0 amide bonds. The molecule has 26 heavy (non-hydrogen) atoms. The fraction of sp³-hybridized carbons (Fsp3) is 0.143. The predicted molar refractivity (Wildman–Crippen MR) is 107 cm³/mol. The minimum Gasteiger partial charge on any atom is -0.266 e. The Labute approximate surface area is 157 Å². The summed E-state index contributed by atoms with van der Waals surface area (Å²) in [6, 6.07) is 19.6. The highest BCUT2D eigenvalue weighted by molar-refractivity contribution is 7.87. The Bertz CT molecular complexity index is 1250. The molecule has 0 aromatic heterocycles. The molecule has 0 unspecified atom stereocenters. The second kappa shape index (κ2) is 6.54. The van der Waals surface area contributed by atoms with Crippen LogP contribution in [0.5, 0.6) is 0 Å². The molecular formula is C21H17ClO3S. The molecule has 0 bridgehead atoms. The molecule has 0 saturated heterocycles. The number of halogens is 1. The van der Waals surface area contributed by atoms with E-state index in [2.05, 4.69) is 18.2 Å². The van der Waals surface area contributed by atoms with E-state index in [4.69, 9.17) is 15.8 Å². The molecule has 0 saturated carbocycles. The zero-order valence-electron chi connectivity index (χ0n) is 14.2. The Morgan fingerprint density at radius 2 is 1.46 bits per heavy atom. The van der Waals surface area contributed by atoms with E-state index in [-0.39, 0.29) is 16.5 Å². The van der Waals surface area contributed by atoms with Crippen molar-refractivity contribution < 1.29 is 12.6 Å². The smallest absolute Gasteiger partial charge is 0.266 e. The third-order valence-corrected chi connectivity index (χ3v) is 6.28. The SMILES string of the molecule is CCCOS(=O)(=O)c1c(Cl)ccc2cc3cc4ccccc4cc3cc12. The third kappa shape index (κ3) is 2.94. The molecule has 4 aromatic carbocycles. The normalized spacial score (nSPS) is 12.2. The van der Waals surface area contributed by atoms with E-state index >= 15 is 0 Å². The minimum absolute atomic E-state index is 0.0418. The van der Waals surface area contributed by atoms with Gasteiger partial charge in [-0.15, -0.1) is 0 Å². The quantitative estimate of drug-likeness (QED) is 0.324. The summed E-state index contributed by atoms with van der Waals surface area (Å²) in [7, 11) is -3.92. The summed E-state index contributed by atoms with van der Waals surface area (Å²) in [5.41, 5.74) is 0. The van der Waals surface area contributed by atoms with Crippen LogP contribution in [0.3, 0.4) is 0 Å². The van der Waals surface area contributed by atoms with Gasteiger partial charge < -0.3 is 0 Å². The molecule has 0 aliphatic heterocycles. The molecule has 3 nitrogen and oxygen atoms in total. The van der Waals surface area contributed by atoms with Crippen LogP contribution < -0.4 is 0 Å². The fourth-order valence-corrected chi connectivity index (χ4v) is 4.92. The van der Waals surface area contributed by atoms with Gasteiger partial charge in [0, 0.05) is 5.39 Å². The van der Waals surface area contributed by atoms with Crippen molar-refractivity contribution in [2.45, 2.75) is 18.2 Å². The fourth-order valence-electron chi connectivity index (χ4n) is 3.22. The molecule has 4 aromatic rings. The maximum Gasteiger partial charge on any atom is 0.299 e. The maximum absolute atomic E-state index is 12.7. The second-order valence-corrected chi connectivity index (χ2v) is 8.23. The highest BCUT2D eigenvalue weighted by Gasteiger charge is 2.22. The molecule has 0 heterocycles. The van der Waals surface area contributed by atoms with Gasteiger partial charge in [-0.2, -0.15) is 8.42 Å². The largest absolute Gasteiger partial charge is 0.299 e. The van der Waals surface area contributed by atoms with Crippen LogP contribution in [-0.2, 0) is 14.3 Å². The van der Waals surface area contributed by atoms with Crippen molar-refractivity contribution in [3.63, 3.8) is 0 Å². The summed E-state index contributed by atoms with van der Waals surface area (Å²) in [5, 5.41) is 5.84. The topological polar surface area (TPSA) is 43.4 Å². The van der Waals surface area contributed by atoms with Crippen LogP contribution in [0.1, 0.15) is 13.3 Å². The summed E-state index contributed by atoms with van der Waals surface area (Å²) in [6.07, 6.45) is 0.608. The maximum atomic E-state index is 12.7.